The second kappa shape index (κ2) is 12.5. The molecule has 3 nitrogen and oxygen atoms in total. The summed E-state index contributed by atoms with van der Waals surface area (Å²) in [7, 11) is 0. The topological polar surface area (TPSA) is 38.7 Å². The Labute approximate surface area is 299 Å². The van der Waals surface area contributed by atoms with Gasteiger partial charge in [0.15, 0.2) is 17.5 Å². The normalized spacial score (nSPS) is 12.7. The summed E-state index contributed by atoms with van der Waals surface area (Å²) in [5.74, 6) is 1.95. The molecule has 0 spiro atoms. The molecule has 0 atom stereocenters. The molecule has 0 fully saturated rings. The molecule has 8 aromatic rings. The van der Waals surface area contributed by atoms with Gasteiger partial charge in [-0.05, 0) is 61.7 Å². The fourth-order valence-electron chi connectivity index (χ4n) is 7.47. The molecule has 3 heteroatoms. The summed E-state index contributed by atoms with van der Waals surface area (Å²) in [6.07, 6.45) is 0. The van der Waals surface area contributed by atoms with Crippen molar-refractivity contribution in [2.24, 2.45) is 0 Å². The average molecular weight is 654 g/mol. The van der Waals surface area contributed by atoms with Gasteiger partial charge in [0, 0.05) is 22.1 Å². The van der Waals surface area contributed by atoms with E-state index in [0.717, 1.165) is 27.8 Å². The highest BCUT2D eigenvalue weighted by molar-refractivity contribution is 5.93. The maximum atomic E-state index is 5.00. The van der Waals surface area contributed by atoms with Crippen LogP contribution in [0.5, 0.6) is 0 Å². The van der Waals surface area contributed by atoms with Gasteiger partial charge in [0.2, 0.25) is 0 Å². The average Bonchev–Trinajstić information content (AvgIpc) is 3.44. The monoisotopic (exact) mass is 653 g/mol. The summed E-state index contributed by atoms with van der Waals surface area (Å²) in [5.41, 5.74) is 15.4. The molecule has 242 valence electrons. The van der Waals surface area contributed by atoms with E-state index in [9.17, 15) is 0 Å². The van der Waals surface area contributed by atoms with Crippen LogP contribution >= 0.6 is 0 Å². The Morgan fingerprint density at radius 3 is 1.33 bits per heavy atom. The second-order valence-electron chi connectivity index (χ2n) is 13.7. The zero-order valence-electron chi connectivity index (χ0n) is 28.6. The number of rotatable bonds is 6. The minimum atomic E-state index is -0.0315. The van der Waals surface area contributed by atoms with Crippen molar-refractivity contribution in [2.75, 3.05) is 0 Å². The lowest BCUT2D eigenvalue weighted by Crippen LogP contribution is -2.14. The van der Waals surface area contributed by atoms with Crippen molar-refractivity contribution in [1.82, 2.24) is 15.0 Å². The van der Waals surface area contributed by atoms with Gasteiger partial charge in [-0.1, -0.05) is 184 Å². The van der Waals surface area contributed by atoms with Crippen LogP contribution in [0.15, 0.2) is 176 Å². The predicted molar refractivity (Wildman–Crippen MR) is 210 cm³/mol. The number of hydrogen-bond acceptors (Lipinski definition) is 3. The Hall–Kier alpha value is -6.45. The van der Waals surface area contributed by atoms with E-state index < -0.39 is 0 Å². The van der Waals surface area contributed by atoms with E-state index in [2.05, 4.69) is 153 Å². The molecule has 0 aliphatic heterocycles. The number of fused-ring (bicyclic) bond motifs is 3. The summed E-state index contributed by atoms with van der Waals surface area (Å²) < 4.78 is 0. The van der Waals surface area contributed by atoms with Gasteiger partial charge in [0.1, 0.15) is 0 Å². The van der Waals surface area contributed by atoms with Crippen LogP contribution in [-0.2, 0) is 5.41 Å². The number of aromatic nitrogens is 3. The molecule has 51 heavy (non-hydrogen) atoms. The molecular formula is C48H35N3. The van der Waals surface area contributed by atoms with Crippen LogP contribution in [-0.4, -0.2) is 15.0 Å². The molecule has 0 bridgehead atoms. The highest BCUT2D eigenvalue weighted by Gasteiger charge is 2.36. The van der Waals surface area contributed by atoms with Crippen molar-refractivity contribution in [3.05, 3.63) is 187 Å². The first-order valence-corrected chi connectivity index (χ1v) is 17.4. The Morgan fingerprint density at radius 1 is 0.314 bits per heavy atom. The predicted octanol–water partition coefficient (Wildman–Crippen LogP) is 12.2. The Kier molecular flexibility index (Phi) is 7.48. The fraction of sp³-hybridized carbons (Fsp3) is 0.0625. The highest BCUT2D eigenvalue weighted by Crippen LogP contribution is 2.52. The summed E-state index contributed by atoms with van der Waals surface area (Å²) in [6.45, 7) is 4.67. The minimum Gasteiger partial charge on any atom is -0.208 e. The lowest BCUT2D eigenvalue weighted by atomic mass is 9.82. The van der Waals surface area contributed by atoms with E-state index in [1.54, 1.807) is 0 Å². The third kappa shape index (κ3) is 5.53. The summed E-state index contributed by atoms with van der Waals surface area (Å²) in [4.78, 5) is 14.9. The molecule has 1 heterocycles. The minimum absolute atomic E-state index is 0.0315. The summed E-state index contributed by atoms with van der Waals surface area (Å²) in [6, 6.07) is 62.0. The maximum Gasteiger partial charge on any atom is 0.164 e. The van der Waals surface area contributed by atoms with Crippen LogP contribution in [0.4, 0.5) is 0 Å². The first-order chi connectivity index (χ1) is 25.0. The molecular weight excluding hydrogens is 619 g/mol. The van der Waals surface area contributed by atoms with Crippen molar-refractivity contribution >= 4 is 0 Å². The molecule has 7 aromatic carbocycles. The lowest BCUT2D eigenvalue weighted by Gasteiger charge is -2.21. The van der Waals surface area contributed by atoms with Crippen molar-refractivity contribution < 1.29 is 0 Å². The van der Waals surface area contributed by atoms with Gasteiger partial charge in [-0.3, -0.25) is 0 Å². The Bertz CT molecular complexity index is 2520. The zero-order valence-corrected chi connectivity index (χ0v) is 28.6. The van der Waals surface area contributed by atoms with E-state index in [-0.39, 0.29) is 5.41 Å². The van der Waals surface area contributed by atoms with Gasteiger partial charge < -0.3 is 0 Å². The SMILES string of the molecule is CC1(C)c2ccccc2-c2c(-c3cccc(-c4ccc(-c5nc(-c6ccccc6)nc(-c6ccc(-c7ccccc7)cc6)n5)cc4)c3)cccc21. The maximum absolute atomic E-state index is 5.00. The first-order valence-electron chi connectivity index (χ1n) is 17.4. The van der Waals surface area contributed by atoms with Crippen molar-refractivity contribution in [1.29, 1.82) is 0 Å². The van der Waals surface area contributed by atoms with Crippen LogP contribution in [0.1, 0.15) is 25.0 Å². The zero-order chi connectivity index (χ0) is 34.4. The smallest absolute Gasteiger partial charge is 0.164 e. The van der Waals surface area contributed by atoms with E-state index in [0.29, 0.717) is 17.5 Å². The molecule has 0 radical (unpaired) electrons. The third-order valence-electron chi connectivity index (χ3n) is 10.2. The largest absolute Gasteiger partial charge is 0.208 e. The van der Waals surface area contributed by atoms with Crippen molar-refractivity contribution in [3.8, 4) is 78.7 Å². The van der Waals surface area contributed by atoms with E-state index in [1.165, 1.54) is 44.5 Å². The van der Waals surface area contributed by atoms with Gasteiger partial charge in [0.25, 0.3) is 0 Å². The standard InChI is InChI=1S/C48H35N3/c1-48(2)42-21-10-9-19-41(42)44-40(20-12-22-43(44)48)39-18-11-17-38(31-39)34-25-29-37(30-26-34)47-50-45(35-15-7-4-8-16-35)49-46(51-47)36-27-23-33(24-28-36)32-13-5-3-6-14-32/h3-31H,1-2H3. The van der Waals surface area contributed by atoms with E-state index in [4.69, 9.17) is 15.0 Å². The van der Waals surface area contributed by atoms with E-state index in [1.807, 2.05) is 36.4 Å². The van der Waals surface area contributed by atoms with Crippen LogP contribution in [0.25, 0.3) is 78.7 Å². The van der Waals surface area contributed by atoms with Gasteiger partial charge in [0.05, 0.1) is 0 Å². The van der Waals surface area contributed by atoms with Crippen LogP contribution < -0.4 is 0 Å². The van der Waals surface area contributed by atoms with Gasteiger partial charge >= 0.3 is 0 Å². The molecule has 0 saturated heterocycles. The molecule has 1 aliphatic rings. The van der Waals surface area contributed by atoms with Crippen molar-refractivity contribution in [3.63, 3.8) is 0 Å². The Morgan fingerprint density at radius 2 is 0.706 bits per heavy atom. The van der Waals surface area contributed by atoms with Crippen molar-refractivity contribution in [2.45, 2.75) is 19.3 Å². The molecule has 0 amide bonds. The number of hydrogen-bond donors (Lipinski definition) is 0. The number of benzene rings is 7. The second-order valence-corrected chi connectivity index (χ2v) is 13.7. The van der Waals surface area contributed by atoms with Crippen LogP contribution in [0.2, 0.25) is 0 Å². The summed E-state index contributed by atoms with van der Waals surface area (Å²) in [5, 5.41) is 0. The number of nitrogens with zero attached hydrogens (tertiary/aromatic N) is 3. The molecule has 1 aliphatic carbocycles. The third-order valence-corrected chi connectivity index (χ3v) is 10.2. The summed E-state index contributed by atoms with van der Waals surface area (Å²) >= 11 is 0. The molecule has 0 saturated carbocycles. The molecule has 0 unspecified atom stereocenters. The molecule has 9 rings (SSSR count). The highest BCUT2D eigenvalue weighted by atomic mass is 15.0. The van der Waals surface area contributed by atoms with Gasteiger partial charge in [-0.15, -0.1) is 0 Å². The molecule has 0 N–H and O–H groups in total. The van der Waals surface area contributed by atoms with E-state index >= 15 is 0 Å². The van der Waals surface area contributed by atoms with Gasteiger partial charge in [-0.25, -0.2) is 15.0 Å². The first kappa shape index (κ1) is 30.6. The lowest BCUT2D eigenvalue weighted by molar-refractivity contribution is 0.660. The quantitative estimate of drug-likeness (QED) is 0.179. The van der Waals surface area contributed by atoms with Crippen LogP contribution in [0, 0.1) is 0 Å². The van der Waals surface area contributed by atoms with Gasteiger partial charge in [-0.2, -0.15) is 0 Å². The Balaban J connectivity index is 1.07. The van der Waals surface area contributed by atoms with Crippen LogP contribution in [0.3, 0.4) is 0 Å². The fourth-order valence-corrected chi connectivity index (χ4v) is 7.47. The molecule has 1 aromatic heterocycles.